The van der Waals surface area contributed by atoms with E-state index in [9.17, 15) is 9.18 Å². The Bertz CT molecular complexity index is 1490. The minimum Gasteiger partial charge on any atom is -0.334 e. The molecule has 0 saturated carbocycles. The van der Waals surface area contributed by atoms with E-state index >= 15 is 0 Å². The predicted octanol–water partition coefficient (Wildman–Crippen LogP) is 5.13. The first-order chi connectivity index (χ1) is 15.0. The Labute approximate surface area is 180 Å². The van der Waals surface area contributed by atoms with Crippen molar-refractivity contribution in [1.82, 2.24) is 24.1 Å². The summed E-state index contributed by atoms with van der Waals surface area (Å²) in [5.74, 6) is 0.0371. The molecule has 0 fully saturated rings. The maximum atomic E-state index is 13.6. The second-order valence-corrected chi connectivity index (χ2v) is 7.74. The number of hydrogen-bond acceptors (Lipinski definition) is 5. The molecule has 5 rings (SSSR count). The van der Waals surface area contributed by atoms with Gasteiger partial charge in [0.25, 0.3) is 11.4 Å². The van der Waals surface area contributed by atoms with Crippen LogP contribution in [0.4, 0.5) is 4.39 Å². The van der Waals surface area contributed by atoms with Crippen LogP contribution in [0.5, 0.6) is 0 Å². The normalized spacial score (nSPS) is 12.6. The second kappa shape index (κ2) is 7.31. The summed E-state index contributed by atoms with van der Waals surface area (Å²) in [4.78, 5) is 22.4. The van der Waals surface area contributed by atoms with E-state index in [2.05, 4.69) is 15.1 Å². The van der Waals surface area contributed by atoms with E-state index in [1.165, 1.54) is 12.1 Å². The van der Waals surface area contributed by atoms with Crippen LogP contribution in [-0.2, 0) is 0 Å². The Morgan fingerprint density at radius 3 is 2.68 bits per heavy atom. The van der Waals surface area contributed by atoms with Crippen LogP contribution >= 0.6 is 11.6 Å². The average Bonchev–Trinajstić information content (AvgIpc) is 3.41. The number of benzene rings is 2. The molecule has 31 heavy (non-hydrogen) atoms. The summed E-state index contributed by atoms with van der Waals surface area (Å²) >= 11 is 6.22. The number of hydrogen-bond donors (Lipinski definition) is 0. The molecule has 0 bridgehead atoms. The lowest BCUT2D eigenvalue weighted by molar-refractivity contribution is 0.432. The smallest absolute Gasteiger partial charge is 0.278 e. The van der Waals surface area contributed by atoms with Gasteiger partial charge in [0.15, 0.2) is 0 Å². The van der Waals surface area contributed by atoms with Crippen molar-refractivity contribution in [3.8, 4) is 23.0 Å². The summed E-state index contributed by atoms with van der Waals surface area (Å²) in [5.41, 5.74) is 2.53. The highest BCUT2D eigenvalue weighted by atomic mass is 35.5. The molecule has 0 radical (unpaired) electrons. The molecule has 0 aliphatic rings. The van der Waals surface area contributed by atoms with Crippen molar-refractivity contribution in [1.29, 1.82) is 0 Å². The van der Waals surface area contributed by atoms with Gasteiger partial charge in [-0.2, -0.15) is 4.98 Å². The van der Waals surface area contributed by atoms with Crippen LogP contribution < -0.4 is 5.56 Å². The third-order valence-corrected chi connectivity index (χ3v) is 5.64. The zero-order valence-corrected chi connectivity index (χ0v) is 17.5. The van der Waals surface area contributed by atoms with E-state index in [0.717, 1.165) is 17.5 Å². The van der Waals surface area contributed by atoms with E-state index in [0.29, 0.717) is 21.8 Å². The van der Waals surface area contributed by atoms with Crippen molar-refractivity contribution in [2.75, 3.05) is 0 Å². The fourth-order valence-corrected chi connectivity index (χ4v) is 3.83. The SMILES string of the molecule is CCC(C)n1c(=O)c2c(-c3noc(-c4ccc(F)cc4)n3)ncn2c2ccc(Cl)cc21. The van der Waals surface area contributed by atoms with Crippen molar-refractivity contribution in [2.45, 2.75) is 26.3 Å². The van der Waals surface area contributed by atoms with Gasteiger partial charge in [0.1, 0.15) is 23.4 Å². The van der Waals surface area contributed by atoms with E-state index in [4.69, 9.17) is 16.1 Å². The average molecular weight is 438 g/mol. The van der Waals surface area contributed by atoms with Gasteiger partial charge in [-0.1, -0.05) is 23.7 Å². The number of nitrogens with zero attached hydrogens (tertiary/aromatic N) is 5. The Kier molecular flexibility index (Phi) is 4.59. The fraction of sp³-hybridized carbons (Fsp3) is 0.182. The summed E-state index contributed by atoms with van der Waals surface area (Å²) < 4.78 is 22.0. The third-order valence-electron chi connectivity index (χ3n) is 5.41. The molecule has 1 atom stereocenters. The number of imidazole rings is 1. The minimum atomic E-state index is -0.360. The summed E-state index contributed by atoms with van der Waals surface area (Å²) in [6, 6.07) is 11.1. The molecule has 0 N–H and O–H groups in total. The molecule has 0 saturated heterocycles. The number of aromatic nitrogens is 5. The minimum absolute atomic E-state index is 0.0544. The van der Waals surface area contributed by atoms with Gasteiger partial charge in [-0.3, -0.25) is 9.20 Å². The van der Waals surface area contributed by atoms with Crippen molar-refractivity contribution in [3.63, 3.8) is 0 Å². The van der Waals surface area contributed by atoms with Crippen molar-refractivity contribution >= 4 is 28.2 Å². The van der Waals surface area contributed by atoms with E-state index in [1.807, 2.05) is 19.9 Å². The molecule has 1 unspecified atom stereocenters. The first-order valence-corrected chi connectivity index (χ1v) is 10.2. The van der Waals surface area contributed by atoms with E-state index in [-0.39, 0.29) is 29.1 Å². The topological polar surface area (TPSA) is 78.2 Å². The molecular formula is C22H17ClFN5O2. The summed E-state index contributed by atoms with van der Waals surface area (Å²) in [5, 5.41) is 4.56. The first kappa shape index (κ1) is 19.4. The molecule has 3 aromatic heterocycles. The summed E-state index contributed by atoms with van der Waals surface area (Å²) in [6.07, 6.45) is 2.33. The van der Waals surface area contributed by atoms with Gasteiger partial charge in [-0.25, -0.2) is 9.37 Å². The summed E-state index contributed by atoms with van der Waals surface area (Å²) in [7, 11) is 0. The first-order valence-electron chi connectivity index (χ1n) is 9.78. The van der Waals surface area contributed by atoms with Gasteiger partial charge in [0.2, 0.25) is 5.82 Å². The number of fused-ring (bicyclic) bond motifs is 3. The zero-order chi connectivity index (χ0) is 21.7. The lowest BCUT2D eigenvalue weighted by atomic mass is 10.2. The van der Waals surface area contributed by atoms with Crippen LogP contribution in [0.2, 0.25) is 5.02 Å². The predicted molar refractivity (Wildman–Crippen MR) is 116 cm³/mol. The van der Waals surface area contributed by atoms with Crippen LogP contribution in [0, 0.1) is 5.82 Å². The highest BCUT2D eigenvalue weighted by Gasteiger charge is 2.22. The lowest BCUT2D eigenvalue weighted by Crippen LogP contribution is -2.25. The van der Waals surface area contributed by atoms with Gasteiger partial charge < -0.3 is 9.09 Å². The quantitative estimate of drug-likeness (QED) is 0.389. The Morgan fingerprint density at radius 2 is 1.94 bits per heavy atom. The van der Waals surface area contributed by atoms with Crippen molar-refractivity contribution in [3.05, 3.63) is 70.0 Å². The van der Waals surface area contributed by atoms with Crippen molar-refractivity contribution < 1.29 is 8.91 Å². The number of halogens is 2. The molecule has 0 aliphatic heterocycles. The van der Waals surface area contributed by atoms with Crippen LogP contribution in [0.3, 0.4) is 0 Å². The maximum absolute atomic E-state index is 13.6. The second-order valence-electron chi connectivity index (χ2n) is 7.31. The largest absolute Gasteiger partial charge is 0.334 e. The standard InChI is InChI=1S/C22H17ClFN5O2/c1-3-12(2)29-17-10-14(23)6-9-16(17)28-11-25-18(19(28)22(29)30)20-26-21(31-27-20)13-4-7-15(24)8-5-13/h4-12H,3H2,1-2H3. The molecule has 5 aromatic rings. The van der Waals surface area contributed by atoms with Crippen LogP contribution in [0.15, 0.2) is 58.1 Å². The van der Waals surface area contributed by atoms with Crippen LogP contribution in [0.25, 0.3) is 39.5 Å². The van der Waals surface area contributed by atoms with Gasteiger partial charge in [0, 0.05) is 16.6 Å². The van der Waals surface area contributed by atoms with Crippen LogP contribution in [0.1, 0.15) is 26.3 Å². The maximum Gasteiger partial charge on any atom is 0.278 e. The Hall–Kier alpha value is -3.52. The van der Waals surface area contributed by atoms with E-state index < -0.39 is 0 Å². The zero-order valence-electron chi connectivity index (χ0n) is 16.7. The lowest BCUT2D eigenvalue weighted by Gasteiger charge is -2.18. The van der Waals surface area contributed by atoms with Crippen molar-refractivity contribution in [2.24, 2.45) is 0 Å². The Morgan fingerprint density at radius 1 is 1.16 bits per heavy atom. The highest BCUT2D eigenvalue weighted by Crippen LogP contribution is 2.28. The molecule has 0 spiro atoms. The molecule has 7 nitrogen and oxygen atoms in total. The molecular weight excluding hydrogens is 421 g/mol. The van der Waals surface area contributed by atoms with Gasteiger partial charge in [-0.15, -0.1) is 0 Å². The summed E-state index contributed by atoms with van der Waals surface area (Å²) in [6.45, 7) is 4.00. The molecule has 0 amide bonds. The van der Waals surface area contributed by atoms with Gasteiger partial charge in [-0.05, 0) is 55.8 Å². The molecule has 0 aliphatic carbocycles. The molecule has 9 heteroatoms. The van der Waals surface area contributed by atoms with E-state index in [1.54, 1.807) is 39.6 Å². The highest BCUT2D eigenvalue weighted by molar-refractivity contribution is 6.31. The Balaban J connectivity index is 1.76. The van der Waals surface area contributed by atoms with Gasteiger partial charge >= 0.3 is 0 Å². The molecule has 2 aromatic carbocycles. The molecule has 3 heterocycles. The van der Waals surface area contributed by atoms with Crippen LogP contribution in [-0.4, -0.2) is 24.1 Å². The fourth-order valence-electron chi connectivity index (χ4n) is 3.67. The van der Waals surface area contributed by atoms with Gasteiger partial charge in [0.05, 0.1) is 11.0 Å². The molecule has 156 valence electrons. The third kappa shape index (κ3) is 3.11. The number of rotatable bonds is 4. The monoisotopic (exact) mass is 437 g/mol.